The molecule has 0 rings (SSSR count). The second kappa shape index (κ2) is 14.5. The Morgan fingerprint density at radius 1 is 0.636 bits per heavy atom. The fourth-order valence-electron chi connectivity index (χ4n) is 1.90. The standard InChI is InChI=1S/C17H30O5/c1-3-5-7-9-11-16(19)21-13-15(18)14-22-17(20)12-10-8-6-4-2/h3-14H2,1-2H3. The van der Waals surface area contributed by atoms with Crippen LogP contribution in [0.25, 0.3) is 0 Å². The number of esters is 2. The summed E-state index contributed by atoms with van der Waals surface area (Å²) in [4.78, 5) is 34.2. The molecule has 5 heteroatoms. The largest absolute Gasteiger partial charge is 0.458 e. The lowest BCUT2D eigenvalue weighted by atomic mass is 10.1. The molecule has 0 aliphatic heterocycles. The van der Waals surface area contributed by atoms with E-state index in [1.807, 2.05) is 0 Å². The summed E-state index contributed by atoms with van der Waals surface area (Å²) in [7, 11) is 0. The van der Waals surface area contributed by atoms with E-state index in [4.69, 9.17) is 9.47 Å². The van der Waals surface area contributed by atoms with Crippen LogP contribution >= 0.6 is 0 Å². The van der Waals surface area contributed by atoms with Crippen LogP contribution in [0.3, 0.4) is 0 Å². The monoisotopic (exact) mass is 314 g/mol. The third-order valence-electron chi connectivity index (χ3n) is 3.26. The van der Waals surface area contributed by atoms with E-state index in [0.717, 1.165) is 51.4 Å². The zero-order chi connectivity index (χ0) is 16.6. The maximum Gasteiger partial charge on any atom is 0.306 e. The first-order valence-corrected chi connectivity index (χ1v) is 8.43. The summed E-state index contributed by atoms with van der Waals surface area (Å²) in [5.74, 6) is -1.12. The van der Waals surface area contributed by atoms with Gasteiger partial charge in [0.25, 0.3) is 0 Å². The van der Waals surface area contributed by atoms with Crippen LogP contribution in [0.5, 0.6) is 0 Å². The van der Waals surface area contributed by atoms with Gasteiger partial charge in [0.2, 0.25) is 5.78 Å². The third kappa shape index (κ3) is 13.6. The minimum Gasteiger partial charge on any atom is -0.458 e. The van der Waals surface area contributed by atoms with Gasteiger partial charge in [-0.05, 0) is 12.8 Å². The van der Waals surface area contributed by atoms with Crippen LogP contribution < -0.4 is 0 Å². The molecule has 128 valence electrons. The maximum atomic E-state index is 11.5. The topological polar surface area (TPSA) is 69.7 Å². The molecular formula is C17H30O5. The van der Waals surface area contributed by atoms with Crippen molar-refractivity contribution in [3.05, 3.63) is 0 Å². The molecule has 0 aliphatic carbocycles. The number of rotatable bonds is 14. The van der Waals surface area contributed by atoms with Gasteiger partial charge in [0.1, 0.15) is 0 Å². The molecule has 22 heavy (non-hydrogen) atoms. The predicted molar refractivity (Wildman–Crippen MR) is 84.4 cm³/mol. The fourth-order valence-corrected chi connectivity index (χ4v) is 1.90. The van der Waals surface area contributed by atoms with Crippen LogP contribution in [0.15, 0.2) is 0 Å². The number of carbonyl (C=O) groups excluding carboxylic acids is 3. The Hall–Kier alpha value is -1.39. The molecule has 0 fully saturated rings. The third-order valence-corrected chi connectivity index (χ3v) is 3.26. The van der Waals surface area contributed by atoms with Crippen LogP contribution in [0.2, 0.25) is 0 Å². The number of ketones is 1. The zero-order valence-electron chi connectivity index (χ0n) is 14.0. The molecule has 0 heterocycles. The van der Waals surface area contributed by atoms with Crippen molar-refractivity contribution in [3.63, 3.8) is 0 Å². The first kappa shape index (κ1) is 20.6. The van der Waals surface area contributed by atoms with Crippen LogP contribution in [-0.2, 0) is 23.9 Å². The van der Waals surface area contributed by atoms with Crippen LogP contribution in [0, 0.1) is 0 Å². The van der Waals surface area contributed by atoms with E-state index in [-0.39, 0.29) is 30.9 Å². The summed E-state index contributed by atoms with van der Waals surface area (Å²) in [5, 5.41) is 0. The summed E-state index contributed by atoms with van der Waals surface area (Å²) in [6.07, 6.45) is 8.65. The highest BCUT2D eigenvalue weighted by molar-refractivity contribution is 5.85. The molecule has 0 radical (unpaired) electrons. The van der Waals surface area contributed by atoms with Crippen molar-refractivity contribution in [1.82, 2.24) is 0 Å². The van der Waals surface area contributed by atoms with Gasteiger partial charge in [-0.15, -0.1) is 0 Å². The molecule has 5 nitrogen and oxygen atoms in total. The number of hydrogen-bond acceptors (Lipinski definition) is 5. The van der Waals surface area contributed by atoms with Crippen molar-refractivity contribution >= 4 is 17.7 Å². The molecule has 0 saturated heterocycles. The van der Waals surface area contributed by atoms with Gasteiger partial charge >= 0.3 is 11.9 Å². The Bertz CT molecular complexity index is 295. The van der Waals surface area contributed by atoms with E-state index in [1.165, 1.54) is 0 Å². The zero-order valence-corrected chi connectivity index (χ0v) is 14.0. The van der Waals surface area contributed by atoms with E-state index < -0.39 is 0 Å². The quantitative estimate of drug-likeness (QED) is 0.362. The molecule has 0 unspecified atom stereocenters. The SMILES string of the molecule is CCCCCCC(=O)OCC(=O)COC(=O)CCCCCC. The Balaban J connectivity index is 3.56. The number of hydrogen-bond donors (Lipinski definition) is 0. The van der Waals surface area contributed by atoms with Crippen LogP contribution in [0.4, 0.5) is 0 Å². The molecule has 0 saturated carbocycles. The fraction of sp³-hybridized carbons (Fsp3) is 0.824. The Morgan fingerprint density at radius 3 is 1.41 bits per heavy atom. The highest BCUT2D eigenvalue weighted by Crippen LogP contribution is 2.04. The van der Waals surface area contributed by atoms with E-state index >= 15 is 0 Å². The van der Waals surface area contributed by atoms with Gasteiger partial charge in [0.15, 0.2) is 13.2 Å². The molecule has 0 spiro atoms. The highest BCUT2D eigenvalue weighted by Gasteiger charge is 2.10. The van der Waals surface area contributed by atoms with Crippen molar-refractivity contribution < 1.29 is 23.9 Å². The van der Waals surface area contributed by atoms with Gasteiger partial charge in [-0.3, -0.25) is 14.4 Å². The average Bonchev–Trinajstić information content (AvgIpc) is 2.51. The molecule has 0 aromatic heterocycles. The van der Waals surface area contributed by atoms with Gasteiger partial charge in [-0.25, -0.2) is 0 Å². The van der Waals surface area contributed by atoms with E-state index in [0.29, 0.717) is 12.8 Å². The molecule has 0 aliphatic rings. The molecular weight excluding hydrogens is 284 g/mol. The van der Waals surface area contributed by atoms with Crippen molar-refractivity contribution in [2.24, 2.45) is 0 Å². The van der Waals surface area contributed by atoms with Crippen molar-refractivity contribution in [2.75, 3.05) is 13.2 Å². The summed E-state index contributed by atoms with van der Waals surface area (Å²) < 4.78 is 9.70. The van der Waals surface area contributed by atoms with Gasteiger partial charge in [-0.1, -0.05) is 52.4 Å². The summed E-state index contributed by atoms with van der Waals surface area (Å²) >= 11 is 0. The number of unbranched alkanes of at least 4 members (excludes halogenated alkanes) is 6. The van der Waals surface area contributed by atoms with Gasteiger partial charge < -0.3 is 9.47 Å². The second-order valence-electron chi connectivity index (χ2n) is 5.48. The molecule has 0 N–H and O–H groups in total. The molecule has 0 aromatic rings. The highest BCUT2D eigenvalue weighted by atomic mass is 16.6. The number of Topliss-reactive ketones (excluding diaryl/α,β-unsaturated/α-hetero) is 1. The lowest BCUT2D eigenvalue weighted by Gasteiger charge is -2.06. The summed E-state index contributed by atoms with van der Waals surface area (Å²) in [6, 6.07) is 0. The smallest absolute Gasteiger partial charge is 0.306 e. The Morgan fingerprint density at radius 2 is 1.05 bits per heavy atom. The van der Waals surface area contributed by atoms with Crippen molar-refractivity contribution in [1.29, 1.82) is 0 Å². The Labute approximate surface area is 133 Å². The lowest BCUT2D eigenvalue weighted by Crippen LogP contribution is -2.20. The molecule has 0 bridgehead atoms. The van der Waals surface area contributed by atoms with E-state index in [9.17, 15) is 14.4 Å². The van der Waals surface area contributed by atoms with Crippen LogP contribution in [-0.4, -0.2) is 30.9 Å². The van der Waals surface area contributed by atoms with Gasteiger partial charge in [-0.2, -0.15) is 0 Å². The molecule has 0 atom stereocenters. The predicted octanol–water partition coefficient (Wildman–Crippen LogP) is 3.58. The summed E-state index contributed by atoms with van der Waals surface area (Å²) in [6.45, 7) is 3.58. The number of ether oxygens (including phenoxy) is 2. The van der Waals surface area contributed by atoms with Crippen LogP contribution in [0.1, 0.15) is 78.1 Å². The van der Waals surface area contributed by atoms with Crippen molar-refractivity contribution in [3.8, 4) is 0 Å². The van der Waals surface area contributed by atoms with E-state index in [2.05, 4.69) is 13.8 Å². The molecule has 0 amide bonds. The first-order valence-electron chi connectivity index (χ1n) is 8.43. The van der Waals surface area contributed by atoms with Crippen molar-refractivity contribution in [2.45, 2.75) is 78.1 Å². The average molecular weight is 314 g/mol. The normalized spacial score (nSPS) is 10.3. The first-order chi connectivity index (χ1) is 10.6. The number of carbonyl (C=O) groups is 3. The second-order valence-corrected chi connectivity index (χ2v) is 5.48. The minimum absolute atomic E-state index is 0.310. The van der Waals surface area contributed by atoms with E-state index in [1.54, 1.807) is 0 Å². The lowest BCUT2D eigenvalue weighted by molar-refractivity contribution is -0.153. The minimum atomic E-state index is -0.385. The maximum absolute atomic E-state index is 11.5. The molecule has 0 aromatic carbocycles. The van der Waals surface area contributed by atoms with Gasteiger partial charge in [0.05, 0.1) is 0 Å². The van der Waals surface area contributed by atoms with Gasteiger partial charge in [0, 0.05) is 12.8 Å². The summed E-state index contributed by atoms with van der Waals surface area (Å²) in [5.41, 5.74) is 0. The Kier molecular flexibility index (Phi) is 13.6.